The lowest BCUT2D eigenvalue weighted by Gasteiger charge is -2.01. The fourth-order valence-corrected chi connectivity index (χ4v) is 1.47. The lowest BCUT2D eigenvalue weighted by Crippen LogP contribution is -1.97. The Morgan fingerprint density at radius 1 is 1.36 bits per heavy atom. The molecule has 3 heteroatoms. The molecule has 0 atom stereocenters. The van der Waals surface area contributed by atoms with Crippen molar-refractivity contribution in [2.75, 3.05) is 0 Å². The van der Waals surface area contributed by atoms with Crippen molar-refractivity contribution in [1.29, 1.82) is 0 Å². The van der Waals surface area contributed by atoms with Gasteiger partial charge in [-0.2, -0.15) is 0 Å². The Labute approximate surface area is 88.9 Å². The second kappa shape index (κ2) is 6.49. The van der Waals surface area contributed by atoms with Gasteiger partial charge in [-0.25, -0.2) is 0 Å². The highest BCUT2D eigenvalue weighted by Crippen LogP contribution is 2.19. The maximum atomic E-state index is 11.1. The van der Waals surface area contributed by atoms with Crippen LogP contribution in [0.15, 0.2) is 35.2 Å². The van der Waals surface area contributed by atoms with E-state index in [1.165, 1.54) is 0 Å². The van der Waals surface area contributed by atoms with E-state index in [0.717, 1.165) is 29.8 Å². The van der Waals surface area contributed by atoms with Crippen LogP contribution in [-0.4, -0.2) is 5.97 Å². The molecule has 0 aromatic heterocycles. The van der Waals surface area contributed by atoms with E-state index in [-0.39, 0.29) is 5.97 Å². The molecule has 0 amide bonds. The van der Waals surface area contributed by atoms with Gasteiger partial charge in [-0.15, -0.1) is 0 Å². The molecule has 0 heterocycles. The number of carbonyl (C=O) groups is 1. The molecule has 0 spiro atoms. The summed E-state index contributed by atoms with van der Waals surface area (Å²) in [4.78, 5) is 12.1. The van der Waals surface area contributed by atoms with Crippen LogP contribution in [0, 0.1) is 0 Å². The molecule has 2 nitrogen and oxygen atoms in total. The first-order valence-corrected chi connectivity index (χ1v) is 5.49. The van der Waals surface area contributed by atoms with Gasteiger partial charge in [0.15, 0.2) is 0 Å². The van der Waals surface area contributed by atoms with Crippen LogP contribution in [0.1, 0.15) is 26.2 Å². The summed E-state index contributed by atoms with van der Waals surface area (Å²) in [6, 6.07) is 9.60. The summed E-state index contributed by atoms with van der Waals surface area (Å²) in [5.74, 6) is -0.138. The zero-order chi connectivity index (χ0) is 10.2. The van der Waals surface area contributed by atoms with Crippen LogP contribution in [0.25, 0.3) is 0 Å². The summed E-state index contributed by atoms with van der Waals surface area (Å²) in [5.41, 5.74) is 0. The van der Waals surface area contributed by atoms with Crippen LogP contribution >= 0.6 is 12.0 Å². The minimum atomic E-state index is -0.138. The highest BCUT2D eigenvalue weighted by Gasteiger charge is 2.02. The van der Waals surface area contributed by atoms with Gasteiger partial charge < -0.3 is 4.18 Å². The summed E-state index contributed by atoms with van der Waals surface area (Å²) >= 11 is 1.13. The number of benzene rings is 1. The third-order valence-corrected chi connectivity index (χ3v) is 2.44. The van der Waals surface area contributed by atoms with E-state index in [4.69, 9.17) is 4.18 Å². The zero-order valence-corrected chi connectivity index (χ0v) is 9.05. The van der Waals surface area contributed by atoms with Gasteiger partial charge in [-0.3, -0.25) is 4.79 Å². The lowest BCUT2D eigenvalue weighted by molar-refractivity contribution is -0.133. The van der Waals surface area contributed by atoms with Gasteiger partial charge in [0.2, 0.25) is 0 Å². The van der Waals surface area contributed by atoms with E-state index in [2.05, 4.69) is 6.92 Å². The average Bonchev–Trinajstić information content (AvgIpc) is 2.25. The Kier molecular flexibility index (Phi) is 5.15. The molecule has 0 saturated heterocycles. The van der Waals surface area contributed by atoms with E-state index in [1.54, 1.807) is 0 Å². The van der Waals surface area contributed by atoms with Crippen molar-refractivity contribution >= 4 is 18.0 Å². The summed E-state index contributed by atoms with van der Waals surface area (Å²) in [7, 11) is 0. The highest BCUT2D eigenvalue weighted by molar-refractivity contribution is 7.95. The number of rotatable bonds is 5. The first-order valence-electron chi connectivity index (χ1n) is 4.75. The predicted molar refractivity (Wildman–Crippen MR) is 57.9 cm³/mol. The molecule has 0 unspecified atom stereocenters. The SMILES string of the molecule is CCCCC(=O)OSc1ccccc1. The molecule has 1 aromatic carbocycles. The van der Waals surface area contributed by atoms with Gasteiger partial charge in [0.05, 0.1) is 12.0 Å². The van der Waals surface area contributed by atoms with Crippen molar-refractivity contribution in [1.82, 2.24) is 0 Å². The van der Waals surface area contributed by atoms with Crippen LogP contribution in [0.4, 0.5) is 0 Å². The second-order valence-corrected chi connectivity index (χ2v) is 3.76. The zero-order valence-electron chi connectivity index (χ0n) is 8.23. The van der Waals surface area contributed by atoms with Crippen LogP contribution < -0.4 is 0 Å². The van der Waals surface area contributed by atoms with Crippen molar-refractivity contribution in [3.8, 4) is 0 Å². The van der Waals surface area contributed by atoms with Crippen molar-refractivity contribution < 1.29 is 8.98 Å². The Morgan fingerprint density at radius 3 is 2.71 bits per heavy atom. The molecule has 0 aliphatic heterocycles. The van der Waals surface area contributed by atoms with Crippen molar-refractivity contribution in [2.24, 2.45) is 0 Å². The molecule has 0 aliphatic carbocycles. The van der Waals surface area contributed by atoms with E-state index in [0.29, 0.717) is 6.42 Å². The Hall–Kier alpha value is -0.960. The molecule has 0 radical (unpaired) electrons. The number of carbonyl (C=O) groups excluding carboxylic acids is 1. The minimum Gasteiger partial charge on any atom is -0.386 e. The van der Waals surface area contributed by atoms with Gasteiger partial charge in [-0.05, 0) is 18.6 Å². The Morgan fingerprint density at radius 2 is 2.07 bits per heavy atom. The second-order valence-electron chi connectivity index (χ2n) is 2.96. The van der Waals surface area contributed by atoms with Gasteiger partial charge in [0.1, 0.15) is 0 Å². The molecule has 0 N–H and O–H groups in total. The highest BCUT2D eigenvalue weighted by atomic mass is 32.2. The molecule has 1 aromatic rings. The summed E-state index contributed by atoms with van der Waals surface area (Å²) < 4.78 is 5.01. The largest absolute Gasteiger partial charge is 0.386 e. The van der Waals surface area contributed by atoms with Gasteiger partial charge in [-0.1, -0.05) is 31.5 Å². The molecule has 14 heavy (non-hydrogen) atoms. The molecule has 0 fully saturated rings. The maximum Gasteiger partial charge on any atom is 0.318 e. The molecule has 76 valence electrons. The van der Waals surface area contributed by atoms with Crippen molar-refractivity contribution in [3.05, 3.63) is 30.3 Å². The Bertz CT molecular complexity index is 272. The standard InChI is InChI=1S/C11H14O2S/c1-2-3-9-11(12)13-14-10-7-5-4-6-8-10/h4-8H,2-3,9H2,1H3. The van der Waals surface area contributed by atoms with E-state index >= 15 is 0 Å². The Balaban J connectivity index is 2.24. The normalized spacial score (nSPS) is 9.79. The van der Waals surface area contributed by atoms with Crippen LogP contribution in [0.3, 0.4) is 0 Å². The van der Waals surface area contributed by atoms with Gasteiger partial charge in [0, 0.05) is 11.3 Å². The third-order valence-electron chi connectivity index (χ3n) is 1.71. The molecule has 0 aliphatic rings. The summed E-state index contributed by atoms with van der Waals surface area (Å²) in [6.07, 6.45) is 2.43. The lowest BCUT2D eigenvalue weighted by atomic mass is 10.3. The molecular formula is C11H14O2S. The fourth-order valence-electron chi connectivity index (χ4n) is 0.933. The molecule has 1 rings (SSSR count). The third kappa shape index (κ3) is 4.33. The van der Waals surface area contributed by atoms with Crippen LogP contribution in [-0.2, 0) is 8.98 Å². The molecular weight excluding hydrogens is 196 g/mol. The van der Waals surface area contributed by atoms with Crippen molar-refractivity contribution in [2.45, 2.75) is 31.1 Å². The van der Waals surface area contributed by atoms with E-state index < -0.39 is 0 Å². The van der Waals surface area contributed by atoms with Gasteiger partial charge >= 0.3 is 5.97 Å². The smallest absolute Gasteiger partial charge is 0.318 e. The molecule has 0 saturated carbocycles. The predicted octanol–water partition coefficient (Wildman–Crippen LogP) is 3.43. The fraction of sp³-hybridized carbons (Fsp3) is 0.364. The number of hydrogen-bond acceptors (Lipinski definition) is 3. The summed E-state index contributed by atoms with van der Waals surface area (Å²) in [5, 5.41) is 0. The van der Waals surface area contributed by atoms with Crippen LogP contribution in [0.5, 0.6) is 0 Å². The number of unbranched alkanes of at least 4 members (excludes halogenated alkanes) is 1. The first-order chi connectivity index (χ1) is 6.83. The molecule has 0 bridgehead atoms. The van der Waals surface area contributed by atoms with Crippen molar-refractivity contribution in [3.63, 3.8) is 0 Å². The van der Waals surface area contributed by atoms with Gasteiger partial charge in [0.25, 0.3) is 0 Å². The monoisotopic (exact) mass is 210 g/mol. The quantitative estimate of drug-likeness (QED) is 0.696. The number of hydrogen-bond donors (Lipinski definition) is 0. The van der Waals surface area contributed by atoms with Crippen LogP contribution in [0.2, 0.25) is 0 Å². The first kappa shape index (κ1) is 11.1. The van der Waals surface area contributed by atoms with E-state index in [1.807, 2.05) is 30.3 Å². The minimum absolute atomic E-state index is 0.138. The maximum absolute atomic E-state index is 11.1. The summed E-state index contributed by atoms with van der Waals surface area (Å²) in [6.45, 7) is 2.05. The van der Waals surface area contributed by atoms with E-state index in [9.17, 15) is 4.79 Å². The topological polar surface area (TPSA) is 26.3 Å². The average molecular weight is 210 g/mol.